The Bertz CT molecular complexity index is 407. The Morgan fingerprint density at radius 3 is 2.50 bits per heavy atom. The van der Waals surface area contributed by atoms with E-state index >= 15 is 0 Å². The van der Waals surface area contributed by atoms with Crippen molar-refractivity contribution < 1.29 is 14.3 Å². The highest BCUT2D eigenvalue weighted by atomic mass is 16.5. The molecule has 2 amide bonds. The summed E-state index contributed by atoms with van der Waals surface area (Å²) in [7, 11) is 0. The molecule has 0 unspecified atom stereocenters. The largest absolute Gasteiger partial charge is 0.378 e. The number of hydrogen-bond acceptors (Lipinski definition) is 3. The molecule has 2 atom stereocenters. The number of carbonyl (C=O) groups excluding carboxylic acids is 2. The lowest BCUT2D eigenvalue weighted by atomic mass is 9.80. The van der Waals surface area contributed by atoms with Gasteiger partial charge in [-0.3, -0.25) is 4.79 Å². The lowest BCUT2D eigenvalue weighted by Gasteiger charge is -2.40. The molecule has 124 valence electrons. The molecule has 5 nitrogen and oxygen atoms in total. The molecule has 0 aromatic rings. The summed E-state index contributed by atoms with van der Waals surface area (Å²) in [5.41, 5.74) is 0. The molecule has 0 aromatic heterocycles. The van der Waals surface area contributed by atoms with E-state index in [1.165, 1.54) is 6.42 Å². The predicted molar refractivity (Wildman–Crippen MR) is 83.7 cm³/mol. The number of likely N-dealkylation sites (tertiary alicyclic amines) is 1. The van der Waals surface area contributed by atoms with Crippen LogP contribution in [0, 0.1) is 5.92 Å². The minimum Gasteiger partial charge on any atom is -0.378 e. The van der Waals surface area contributed by atoms with Crippen LogP contribution in [0.2, 0.25) is 0 Å². The molecule has 2 heterocycles. The number of ether oxygens (including phenoxy) is 1. The van der Waals surface area contributed by atoms with Crippen molar-refractivity contribution in [2.24, 2.45) is 5.92 Å². The van der Waals surface area contributed by atoms with Gasteiger partial charge in [0.15, 0.2) is 0 Å². The van der Waals surface area contributed by atoms with Crippen LogP contribution in [-0.4, -0.2) is 60.5 Å². The molecule has 3 aliphatic rings. The highest BCUT2D eigenvalue weighted by Gasteiger charge is 2.38. The van der Waals surface area contributed by atoms with Crippen molar-refractivity contribution in [1.29, 1.82) is 0 Å². The molecule has 3 fully saturated rings. The summed E-state index contributed by atoms with van der Waals surface area (Å²) in [6.45, 7) is 3.44. The van der Waals surface area contributed by atoms with Crippen molar-refractivity contribution in [1.82, 2.24) is 9.80 Å². The lowest BCUT2D eigenvalue weighted by Crippen LogP contribution is -2.54. The summed E-state index contributed by atoms with van der Waals surface area (Å²) in [5, 5.41) is 0. The number of hydrogen-bond donors (Lipinski definition) is 0. The minimum absolute atomic E-state index is 0.0804. The first-order valence-corrected chi connectivity index (χ1v) is 8.93. The fourth-order valence-electron chi connectivity index (χ4n) is 4.14. The summed E-state index contributed by atoms with van der Waals surface area (Å²) in [6.07, 6.45) is 8.20. The molecule has 2 saturated heterocycles. The van der Waals surface area contributed by atoms with Gasteiger partial charge in [0, 0.05) is 38.0 Å². The van der Waals surface area contributed by atoms with Crippen LogP contribution in [0.25, 0.3) is 0 Å². The third kappa shape index (κ3) is 3.45. The van der Waals surface area contributed by atoms with Gasteiger partial charge in [0.1, 0.15) is 5.78 Å². The summed E-state index contributed by atoms with van der Waals surface area (Å²) >= 11 is 0. The maximum Gasteiger partial charge on any atom is 0.320 e. The summed E-state index contributed by atoms with van der Waals surface area (Å²) in [6, 6.07) is 0.263. The smallest absolute Gasteiger partial charge is 0.320 e. The molecule has 1 aliphatic carbocycles. The van der Waals surface area contributed by atoms with Crippen LogP contribution in [0.1, 0.15) is 51.4 Å². The fourth-order valence-corrected chi connectivity index (χ4v) is 4.14. The molecule has 22 heavy (non-hydrogen) atoms. The maximum absolute atomic E-state index is 13.0. The molecular weight excluding hydrogens is 280 g/mol. The first-order valence-electron chi connectivity index (χ1n) is 8.93. The van der Waals surface area contributed by atoms with E-state index in [2.05, 4.69) is 0 Å². The highest BCUT2D eigenvalue weighted by molar-refractivity contribution is 5.83. The molecule has 2 aliphatic heterocycles. The van der Waals surface area contributed by atoms with Crippen LogP contribution in [-0.2, 0) is 9.53 Å². The standard InChI is InChI=1S/C17H28N2O3/c20-16-8-4-3-6-14(16)15-7-2-1-5-9-19(15)17(21)18-10-12-22-13-11-18/h14-15H,1-13H2/t14-,15-/m0/s1. The Kier molecular flexibility index (Phi) is 5.34. The van der Waals surface area contributed by atoms with Crippen molar-refractivity contribution >= 4 is 11.8 Å². The number of nitrogens with zero attached hydrogens (tertiary/aromatic N) is 2. The average Bonchev–Trinajstić information content (AvgIpc) is 2.81. The number of Topliss-reactive ketones (excluding diaryl/α,β-unsaturated/α-hetero) is 1. The molecule has 0 radical (unpaired) electrons. The fraction of sp³-hybridized carbons (Fsp3) is 0.882. The van der Waals surface area contributed by atoms with E-state index in [9.17, 15) is 9.59 Å². The van der Waals surface area contributed by atoms with E-state index < -0.39 is 0 Å². The van der Waals surface area contributed by atoms with Crippen LogP contribution >= 0.6 is 0 Å². The zero-order valence-electron chi connectivity index (χ0n) is 13.5. The average molecular weight is 308 g/mol. The number of morpholine rings is 1. The van der Waals surface area contributed by atoms with Gasteiger partial charge in [0.2, 0.25) is 0 Å². The Morgan fingerprint density at radius 1 is 0.955 bits per heavy atom. The summed E-state index contributed by atoms with van der Waals surface area (Å²) < 4.78 is 5.36. The first kappa shape index (κ1) is 15.8. The van der Waals surface area contributed by atoms with Gasteiger partial charge in [-0.1, -0.05) is 19.3 Å². The number of carbonyl (C=O) groups is 2. The van der Waals surface area contributed by atoms with Gasteiger partial charge in [0.05, 0.1) is 13.2 Å². The van der Waals surface area contributed by atoms with Gasteiger partial charge < -0.3 is 14.5 Å². The number of amides is 2. The number of urea groups is 1. The van der Waals surface area contributed by atoms with Gasteiger partial charge >= 0.3 is 6.03 Å². The zero-order chi connectivity index (χ0) is 15.4. The minimum atomic E-state index is 0.0804. The van der Waals surface area contributed by atoms with Crippen molar-refractivity contribution in [3.63, 3.8) is 0 Å². The Hall–Kier alpha value is -1.10. The molecule has 0 bridgehead atoms. The first-order chi connectivity index (χ1) is 10.8. The summed E-state index contributed by atoms with van der Waals surface area (Å²) in [4.78, 5) is 29.3. The SMILES string of the molecule is O=C1CCCC[C@H]1[C@@H]1CCCCCN1C(=O)N1CCOCC1. The third-order valence-corrected chi connectivity index (χ3v) is 5.39. The molecule has 5 heteroatoms. The second kappa shape index (κ2) is 7.44. The van der Waals surface area contributed by atoms with Gasteiger partial charge in [-0.05, 0) is 25.7 Å². The number of rotatable bonds is 1. The highest BCUT2D eigenvalue weighted by Crippen LogP contribution is 2.32. The molecule has 3 rings (SSSR count). The quantitative estimate of drug-likeness (QED) is 0.747. The second-order valence-corrected chi connectivity index (χ2v) is 6.81. The monoisotopic (exact) mass is 308 g/mol. The maximum atomic E-state index is 13.0. The van der Waals surface area contributed by atoms with E-state index in [0.29, 0.717) is 38.5 Å². The molecule has 0 aromatic carbocycles. The molecule has 0 N–H and O–H groups in total. The molecule has 1 saturated carbocycles. The van der Waals surface area contributed by atoms with E-state index in [4.69, 9.17) is 4.74 Å². The third-order valence-electron chi connectivity index (χ3n) is 5.39. The lowest BCUT2D eigenvalue weighted by molar-refractivity contribution is -0.126. The van der Waals surface area contributed by atoms with E-state index in [0.717, 1.165) is 45.1 Å². The molecule has 0 spiro atoms. The Morgan fingerprint density at radius 2 is 1.73 bits per heavy atom. The van der Waals surface area contributed by atoms with Crippen LogP contribution in [0.4, 0.5) is 4.79 Å². The van der Waals surface area contributed by atoms with Gasteiger partial charge in [-0.2, -0.15) is 0 Å². The predicted octanol–water partition coefficient (Wildman–Crippen LogP) is 2.44. The van der Waals surface area contributed by atoms with Crippen molar-refractivity contribution in [2.75, 3.05) is 32.8 Å². The van der Waals surface area contributed by atoms with E-state index in [1.54, 1.807) is 0 Å². The van der Waals surface area contributed by atoms with Gasteiger partial charge in [0.25, 0.3) is 0 Å². The van der Waals surface area contributed by atoms with Gasteiger partial charge in [-0.15, -0.1) is 0 Å². The van der Waals surface area contributed by atoms with E-state index in [-0.39, 0.29) is 18.0 Å². The Balaban J connectivity index is 1.74. The Labute approximate surface area is 133 Å². The second-order valence-electron chi connectivity index (χ2n) is 6.81. The normalized spacial score (nSPS) is 31.0. The van der Waals surface area contributed by atoms with Crippen LogP contribution in [0.5, 0.6) is 0 Å². The number of ketones is 1. The topological polar surface area (TPSA) is 49.9 Å². The zero-order valence-corrected chi connectivity index (χ0v) is 13.5. The van der Waals surface area contributed by atoms with Crippen LogP contribution in [0.3, 0.4) is 0 Å². The van der Waals surface area contributed by atoms with Crippen molar-refractivity contribution in [3.05, 3.63) is 0 Å². The van der Waals surface area contributed by atoms with Crippen molar-refractivity contribution in [2.45, 2.75) is 57.4 Å². The summed E-state index contributed by atoms with van der Waals surface area (Å²) in [5.74, 6) is 0.467. The molecular formula is C17H28N2O3. The van der Waals surface area contributed by atoms with Gasteiger partial charge in [-0.25, -0.2) is 4.79 Å². The van der Waals surface area contributed by atoms with Crippen LogP contribution in [0.15, 0.2) is 0 Å². The van der Waals surface area contributed by atoms with Crippen LogP contribution < -0.4 is 0 Å². The van der Waals surface area contributed by atoms with E-state index in [1.807, 2.05) is 9.80 Å². The van der Waals surface area contributed by atoms with Crippen molar-refractivity contribution in [3.8, 4) is 0 Å².